The Morgan fingerprint density at radius 2 is 0.932 bits per heavy atom. The fraction of sp³-hybridized carbons (Fsp3) is 0.449. The Morgan fingerprint density at radius 1 is 0.479 bits per heavy atom. The number of benzene rings is 6. The highest BCUT2D eigenvalue weighted by atomic mass is 32.1. The molecule has 376 valence electrons. The second-order valence-corrected chi connectivity index (χ2v) is 29.9. The molecule has 12 rings (SSSR count). The number of hydrogen-bond donors (Lipinski definition) is 0. The van der Waals surface area contributed by atoms with Crippen LogP contribution in [0.3, 0.4) is 0 Å². The summed E-state index contributed by atoms with van der Waals surface area (Å²) < 4.78 is 2.89. The molecule has 0 N–H and O–H groups in total. The minimum absolute atomic E-state index is 0.0260. The van der Waals surface area contributed by atoms with Crippen LogP contribution in [0.2, 0.25) is 0 Å². The summed E-state index contributed by atoms with van der Waals surface area (Å²) in [7, 11) is 0. The van der Waals surface area contributed by atoms with Crippen LogP contribution in [-0.4, -0.2) is 6.71 Å². The van der Waals surface area contributed by atoms with Gasteiger partial charge in [0, 0.05) is 43.2 Å². The molecular formula is C69H81BN2S. The molecule has 0 atom stereocenters. The average Bonchev–Trinajstić information content (AvgIpc) is 3.68. The second-order valence-electron chi connectivity index (χ2n) is 28.8. The molecule has 0 spiro atoms. The highest BCUT2D eigenvalue weighted by molar-refractivity contribution is 7.33. The van der Waals surface area contributed by atoms with Crippen molar-refractivity contribution < 1.29 is 0 Å². The van der Waals surface area contributed by atoms with Crippen LogP contribution in [0, 0.1) is 20.8 Å². The Kier molecular flexibility index (Phi) is 10.4. The van der Waals surface area contributed by atoms with E-state index in [2.05, 4.69) is 237 Å². The van der Waals surface area contributed by atoms with Gasteiger partial charge in [0.15, 0.2) is 0 Å². The lowest BCUT2D eigenvalue weighted by Gasteiger charge is -2.48. The summed E-state index contributed by atoms with van der Waals surface area (Å²) in [5.74, 6) is 0. The predicted molar refractivity (Wildman–Crippen MR) is 320 cm³/mol. The maximum absolute atomic E-state index is 2.80. The largest absolute Gasteiger partial charge is 0.311 e. The molecule has 0 saturated carbocycles. The van der Waals surface area contributed by atoms with Gasteiger partial charge < -0.3 is 9.80 Å². The summed E-state index contributed by atoms with van der Waals surface area (Å²) in [6.07, 6.45) is 7.09. The monoisotopic (exact) mass is 981 g/mol. The van der Waals surface area contributed by atoms with Crippen molar-refractivity contribution >= 4 is 78.0 Å². The zero-order valence-electron chi connectivity index (χ0n) is 47.8. The fourth-order valence-corrected chi connectivity index (χ4v) is 15.9. The van der Waals surface area contributed by atoms with Crippen LogP contribution in [0.5, 0.6) is 0 Å². The molecule has 0 unspecified atom stereocenters. The van der Waals surface area contributed by atoms with E-state index in [9.17, 15) is 0 Å². The Bertz CT molecular complexity index is 3470. The molecule has 5 aliphatic rings. The molecule has 3 aliphatic carbocycles. The summed E-state index contributed by atoms with van der Waals surface area (Å²) in [5, 5.41) is 1.40. The predicted octanol–water partition coefficient (Wildman–Crippen LogP) is 17.9. The molecule has 6 aromatic carbocycles. The van der Waals surface area contributed by atoms with Crippen LogP contribution < -0.4 is 25.5 Å². The van der Waals surface area contributed by atoms with Gasteiger partial charge in [0.25, 0.3) is 6.71 Å². The number of aryl methyl sites for hydroxylation is 3. The third-order valence-electron chi connectivity index (χ3n) is 19.7. The van der Waals surface area contributed by atoms with Crippen LogP contribution >= 0.6 is 11.3 Å². The second kappa shape index (κ2) is 15.5. The number of anilines is 6. The molecule has 0 fully saturated rings. The molecule has 7 aromatic rings. The van der Waals surface area contributed by atoms with E-state index in [4.69, 9.17) is 0 Å². The van der Waals surface area contributed by atoms with E-state index in [0.717, 1.165) is 0 Å². The van der Waals surface area contributed by atoms with Gasteiger partial charge in [-0.05, 0) is 224 Å². The Labute approximate surface area is 444 Å². The lowest BCUT2D eigenvalue weighted by molar-refractivity contribution is 0.332. The third-order valence-corrected chi connectivity index (χ3v) is 20.9. The summed E-state index contributed by atoms with van der Waals surface area (Å²) in [6, 6.07) is 37.8. The van der Waals surface area contributed by atoms with Gasteiger partial charge in [-0.3, -0.25) is 0 Å². The van der Waals surface area contributed by atoms with E-state index in [1.807, 2.05) is 0 Å². The van der Waals surface area contributed by atoms with Gasteiger partial charge in [0.2, 0.25) is 0 Å². The Morgan fingerprint density at radius 3 is 1.45 bits per heavy atom. The van der Waals surface area contributed by atoms with Gasteiger partial charge in [-0.15, -0.1) is 11.3 Å². The first kappa shape index (κ1) is 48.9. The van der Waals surface area contributed by atoms with Crippen LogP contribution in [0.25, 0.3) is 21.2 Å². The van der Waals surface area contributed by atoms with E-state index in [1.54, 1.807) is 0 Å². The molecular weight excluding hydrogens is 900 g/mol. The van der Waals surface area contributed by atoms with Gasteiger partial charge >= 0.3 is 0 Å². The van der Waals surface area contributed by atoms with Crippen LogP contribution in [0.15, 0.2) is 91.0 Å². The molecule has 0 bridgehead atoms. The molecule has 0 radical (unpaired) electrons. The van der Waals surface area contributed by atoms with E-state index >= 15 is 0 Å². The Balaban J connectivity index is 1.25. The van der Waals surface area contributed by atoms with Crippen molar-refractivity contribution in [2.24, 2.45) is 0 Å². The molecule has 0 saturated heterocycles. The lowest BCUT2D eigenvalue weighted by atomic mass is 9.35. The van der Waals surface area contributed by atoms with E-state index in [1.165, 1.54) is 165 Å². The topological polar surface area (TPSA) is 6.48 Å². The SMILES string of the molecule is Cc1cc2c3c(c1)N(c1ccc(C(C)(C)C)cc1)c1c(sc4cc5c(cc14)C(C)(C)CCC5(C)C)B3c1cc3c(cc1N2c1cc2c(cc1-c1c(C)cccc1C)C(C)(C)CCC2(C)C)C(C)(C)CCC3(C)C. The normalized spacial score (nSPS) is 20.2. The molecule has 73 heavy (non-hydrogen) atoms. The summed E-state index contributed by atoms with van der Waals surface area (Å²) >= 11 is 2.08. The number of nitrogens with zero attached hydrogens (tertiary/aromatic N) is 2. The standard InChI is InChI=1S/C69H81BN2S/c1-40-32-56-60-57(33-40)72(54-37-50-47(64(7,8)26-29-67(50,13)14)34-45(54)59-41(2)20-19-21-42(59)3)55-38-51-49(66(11,12)28-30-68(51,15)16)36-53(55)70(60)62-61(71(56)44-24-22-43(23-25-44)63(4,5)6)46-35-48-52(39-58(46)73-62)69(17,18)31-27-65(48,9)10/h19-25,32-39H,26-31H2,1-18H3. The minimum atomic E-state index is 0.0260. The van der Waals surface area contributed by atoms with Crippen LogP contribution in [0.4, 0.5) is 34.1 Å². The van der Waals surface area contributed by atoms with E-state index < -0.39 is 0 Å². The van der Waals surface area contributed by atoms with Crippen molar-refractivity contribution in [3.8, 4) is 11.1 Å². The number of thiophene rings is 1. The quantitative estimate of drug-likeness (QED) is 0.163. The van der Waals surface area contributed by atoms with Crippen molar-refractivity contribution in [2.75, 3.05) is 9.80 Å². The van der Waals surface area contributed by atoms with E-state index in [0.29, 0.717) is 0 Å². The first-order valence-corrected chi connectivity index (χ1v) is 28.7. The molecule has 1 aromatic heterocycles. The van der Waals surface area contributed by atoms with Crippen LogP contribution in [-0.2, 0) is 37.9 Å². The Hall–Kier alpha value is -5.06. The molecule has 0 amide bonds. The zero-order chi connectivity index (χ0) is 52.1. The highest BCUT2D eigenvalue weighted by Crippen LogP contribution is 2.57. The minimum Gasteiger partial charge on any atom is -0.311 e. The summed E-state index contributed by atoms with van der Waals surface area (Å²) in [5.41, 5.74) is 28.3. The fourth-order valence-electron chi connectivity index (χ4n) is 14.6. The van der Waals surface area contributed by atoms with Crippen molar-refractivity contribution in [3.63, 3.8) is 0 Å². The average molecular weight is 981 g/mol. The highest BCUT2D eigenvalue weighted by Gasteiger charge is 2.50. The maximum Gasteiger partial charge on any atom is 0.264 e. The van der Waals surface area contributed by atoms with Gasteiger partial charge in [0.05, 0.1) is 11.4 Å². The summed E-state index contributed by atoms with van der Waals surface area (Å²) in [6.45, 7) is 44.1. The lowest BCUT2D eigenvalue weighted by Crippen LogP contribution is -2.61. The van der Waals surface area contributed by atoms with Gasteiger partial charge in [0.1, 0.15) is 0 Å². The maximum atomic E-state index is 2.80. The third kappa shape index (κ3) is 7.21. The van der Waals surface area contributed by atoms with E-state index in [-0.39, 0.29) is 44.6 Å². The van der Waals surface area contributed by atoms with Crippen molar-refractivity contribution in [1.29, 1.82) is 0 Å². The summed E-state index contributed by atoms with van der Waals surface area (Å²) in [4.78, 5) is 5.52. The molecule has 3 heterocycles. The number of rotatable bonds is 3. The van der Waals surface area contributed by atoms with Crippen molar-refractivity contribution in [1.82, 2.24) is 0 Å². The smallest absolute Gasteiger partial charge is 0.264 e. The molecule has 2 aliphatic heterocycles. The van der Waals surface area contributed by atoms with Gasteiger partial charge in [-0.25, -0.2) is 0 Å². The zero-order valence-corrected chi connectivity index (χ0v) is 48.6. The van der Waals surface area contributed by atoms with Gasteiger partial charge in [-0.1, -0.05) is 140 Å². The van der Waals surface area contributed by atoms with Gasteiger partial charge in [-0.2, -0.15) is 0 Å². The number of fused-ring (bicyclic) bond motifs is 9. The first-order valence-electron chi connectivity index (χ1n) is 27.9. The first-order chi connectivity index (χ1) is 34.0. The van der Waals surface area contributed by atoms with Crippen molar-refractivity contribution in [2.45, 2.75) is 201 Å². The molecule has 4 heteroatoms. The van der Waals surface area contributed by atoms with Crippen LogP contribution in [0.1, 0.15) is 198 Å². The molecule has 2 nitrogen and oxygen atoms in total. The van der Waals surface area contributed by atoms with Crippen molar-refractivity contribution in [3.05, 3.63) is 147 Å². The number of hydrogen-bond acceptors (Lipinski definition) is 3.